The van der Waals surface area contributed by atoms with Crippen molar-refractivity contribution in [3.63, 3.8) is 0 Å². The van der Waals surface area contributed by atoms with Crippen LogP contribution in [-0.4, -0.2) is 73.1 Å². The highest BCUT2D eigenvalue weighted by Crippen LogP contribution is 2.27. The Hall–Kier alpha value is -2.89. The number of pyridine rings is 1. The fourth-order valence-corrected chi connectivity index (χ4v) is 5.56. The molecule has 1 saturated heterocycles. The van der Waals surface area contributed by atoms with Crippen molar-refractivity contribution in [2.75, 3.05) is 31.0 Å². The summed E-state index contributed by atoms with van der Waals surface area (Å²) in [6, 6.07) is 9.22. The van der Waals surface area contributed by atoms with E-state index in [0.717, 1.165) is 0 Å². The molecule has 1 aromatic carbocycles. The number of ether oxygens (including phenoxy) is 2. The number of amides is 1. The van der Waals surface area contributed by atoms with Crippen molar-refractivity contribution in [3.05, 3.63) is 58.9 Å². The van der Waals surface area contributed by atoms with Gasteiger partial charge in [-0.2, -0.15) is 12.7 Å². The third-order valence-corrected chi connectivity index (χ3v) is 7.59. The minimum atomic E-state index is -4.04. The van der Waals surface area contributed by atoms with E-state index in [1.54, 1.807) is 58.0 Å². The zero-order valence-corrected chi connectivity index (χ0v) is 22.5. The Labute approximate surface area is 216 Å². The second-order valence-electron chi connectivity index (χ2n) is 9.40. The Kier molecular flexibility index (Phi) is 8.48. The molecule has 0 bridgehead atoms. The Morgan fingerprint density at radius 3 is 2.47 bits per heavy atom. The van der Waals surface area contributed by atoms with Crippen LogP contribution in [-0.2, 0) is 26.2 Å². The van der Waals surface area contributed by atoms with Gasteiger partial charge in [-0.3, -0.25) is 9.29 Å². The summed E-state index contributed by atoms with van der Waals surface area (Å²) in [6.07, 6.45) is 0.861. The molecule has 10 nitrogen and oxygen atoms in total. The lowest BCUT2D eigenvalue weighted by atomic mass is 10.2. The Morgan fingerprint density at radius 2 is 1.92 bits per heavy atom. The van der Waals surface area contributed by atoms with E-state index in [-0.39, 0.29) is 31.7 Å². The maximum atomic E-state index is 13.8. The van der Waals surface area contributed by atoms with Crippen LogP contribution in [0.25, 0.3) is 0 Å². The number of carbonyl (C=O) groups is 2. The van der Waals surface area contributed by atoms with Gasteiger partial charge in [0.1, 0.15) is 5.60 Å². The molecular formula is C24H31ClN4O6S. The standard InChI is InChI=1S/C24H31ClN4O6S/c1-17-15-27(11-12-28(17)23(31)35-24(2,3)4)36(32,33)29(21-8-6-7-19(25)13-21)16-20-10-9-18(14-26-20)22(30)34-5/h6-10,13-14,17H,11-12,15-16H2,1-5H3/t17-/m1/s1. The molecular weight excluding hydrogens is 508 g/mol. The summed E-state index contributed by atoms with van der Waals surface area (Å²) in [7, 11) is -2.77. The third-order valence-electron chi connectivity index (χ3n) is 5.47. The Bertz CT molecular complexity index is 1200. The summed E-state index contributed by atoms with van der Waals surface area (Å²) in [6.45, 7) is 7.41. The second-order valence-corrected chi connectivity index (χ2v) is 11.7. The van der Waals surface area contributed by atoms with E-state index in [2.05, 4.69) is 4.98 Å². The molecule has 1 amide bonds. The van der Waals surface area contributed by atoms with Gasteiger partial charge in [0, 0.05) is 36.9 Å². The lowest BCUT2D eigenvalue weighted by Gasteiger charge is -2.41. The summed E-state index contributed by atoms with van der Waals surface area (Å²) in [5, 5.41) is 0.379. The lowest BCUT2D eigenvalue weighted by molar-refractivity contribution is 0.00855. The number of hydrogen-bond donors (Lipinski definition) is 0. The van der Waals surface area contributed by atoms with Crippen LogP contribution < -0.4 is 4.31 Å². The Balaban J connectivity index is 1.86. The number of hydrogen-bond acceptors (Lipinski definition) is 7. The van der Waals surface area contributed by atoms with Gasteiger partial charge >= 0.3 is 22.3 Å². The van der Waals surface area contributed by atoms with Crippen LogP contribution in [0.5, 0.6) is 0 Å². The normalized spacial score (nSPS) is 16.9. The summed E-state index contributed by atoms with van der Waals surface area (Å²) >= 11 is 6.17. The van der Waals surface area contributed by atoms with Crippen LogP contribution >= 0.6 is 11.6 Å². The van der Waals surface area contributed by atoms with Crippen molar-refractivity contribution in [1.82, 2.24) is 14.2 Å². The van der Waals surface area contributed by atoms with Gasteiger partial charge in [0.2, 0.25) is 0 Å². The number of aromatic nitrogens is 1. The largest absolute Gasteiger partial charge is 0.465 e. The molecule has 196 valence electrons. The van der Waals surface area contributed by atoms with Crippen molar-refractivity contribution < 1.29 is 27.5 Å². The minimum absolute atomic E-state index is 0.0906. The molecule has 0 N–H and O–H groups in total. The molecule has 36 heavy (non-hydrogen) atoms. The summed E-state index contributed by atoms with van der Waals surface area (Å²) in [4.78, 5) is 30.1. The minimum Gasteiger partial charge on any atom is -0.465 e. The van der Waals surface area contributed by atoms with Gasteiger partial charge in [-0.1, -0.05) is 17.7 Å². The van der Waals surface area contributed by atoms with Crippen molar-refractivity contribution in [1.29, 1.82) is 0 Å². The molecule has 0 aliphatic carbocycles. The van der Waals surface area contributed by atoms with E-state index in [0.29, 0.717) is 16.4 Å². The monoisotopic (exact) mass is 538 g/mol. The molecule has 0 spiro atoms. The first-order chi connectivity index (χ1) is 16.8. The maximum Gasteiger partial charge on any atom is 0.410 e. The van der Waals surface area contributed by atoms with Crippen LogP contribution in [0.2, 0.25) is 5.02 Å². The summed E-state index contributed by atoms with van der Waals surface area (Å²) in [5.41, 5.74) is 0.389. The third kappa shape index (κ3) is 6.65. The number of halogens is 1. The van der Waals surface area contributed by atoms with Crippen LogP contribution in [0, 0.1) is 0 Å². The molecule has 0 saturated carbocycles. The average molecular weight is 539 g/mol. The number of nitrogens with zero attached hydrogens (tertiary/aromatic N) is 4. The fraction of sp³-hybridized carbons (Fsp3) is 0.458. The predicted octanol–water partition coefficient (Wildman–Crippen LogP) is 3.71. The van der Waals surface area contributed by atoms with Gasteiger partial charge in [0.25, 0.3) is 0 Å². The molecule has 2 aromatic rings. The van der Waals surface area contributed by atoms with Crippen LogP contribution in [0.15, 0.2) is 42.6 Å². The number of carbonyl (C=O) groups excluding carboxylic acids is 2. The van der Waals surface area contributed by atoms with E-state index in [9.17, 15) is 18.0 Å². The second kappa shape index (κ2) is 11.0. The van der Waals surface area contributed by atoms with Gasteiger partial charge in [-0.05, 0) is 58.0 Å². The highest BCUT2D eigenvalue weighted by Gasteiger charge is 2.38. The van der Waals surface area contributed by atoms with Gasteiger partial charge in [-0.15, -0.1) is 0 Å². The molecule has 0 radical (unpaired) electrons. The molecule has 1 atom stereocenters. The molecule has 1 fully saturated rings. The van der Waals surface area contributed by atoms with Crippen molar-refractivity contribution in [3.8, 4) is 0 Å². The smallest absolute Gasteiger partial charge is 0.410 e. The van der Waals surface area contributed by atoms with E-state index in [1.165, 1.54) is 32.9 Å². The van der Waals surface area contributed by atoms with Gasteiger partial charge in [0.05, 0.1) is 30.6 Å². The van der Waals surface area contributed by atoms with E-state index in [1.807, 2.05) is 0 Å². The molecule has 1 aliphatic rings. The van der Waals surface area contributed by atoms with Crippen molar-refractivity contribution in [2.45, 2.75) is 45.9 Å². The van der Waals surface area contributed by atoms with E-state index < -0.39 is 33.9 Å². The molecule has 2 heterocycles. The highest BCUT2D eigenvalue weighted by molar-refractivity contribution is 7.90. The van der Waals surface area contributed by atoms with Crippen LogP contribution in [0.1, 0.15) is 43.7 Å². The van der Waals surface area contributed by atoms with Crippen LogP contribution in [0.3, 0.4) is 0 Å². The topological polar surface area (TPSA) is 109 Å². The summed E-state index contributed by atoms with van der Waals surface area (Å²) in [5.74, 6) is -0.537. The van der Waals surface area contributed by atoms with Gasteiger partial charge in [-0.25, -0.2) is 9.59 Å². The first kappa shape index (κ1) is 27.7. The molecule has 0 unspecified atom stereocenters. The van der Waals surface area contributed by atoms with Crippen molar-refractivity contribution >= 4 is 39.6 Å². The number of rotatable bonds is 6. The SMILES string of the molecule is COC(=O)c1ccc(CN(c2cccc(Cl)c2)S(=O)(=O)N2CCN(C(=O)OC(C)(C)C)[C@H](C)C2)nc1. The quantitative estimate of drug-likeness (QED) is 0.515. The number of benzene rings is 1. The first-order valence-electron chi connectivity index (χ1n) is 11.4. The molecule has 12 heteroatoms. The molecule has 3 rings (SSSR count). The Morgan fingerprint density at radius 1 is 1.19 bits per heavy atom. The maximum absolute atomic E-state index is 13.8. The first-order valence-corrected chi connectivity index (χ1v) is 13.2. The van der Waals surface area contributed by atoms with Gasteiger partial charge in [0.15, 0.2) is 0 Å². The summed E-state index contributed by atoms with van der Waals surface area (Å²) < 4.78 is 40.4. The fourth-order valence-electron chi connectivity index (χ4n) is 3.71. The average Bonchev–Trinajstić information content (AvgIpc) is 2.81. The zero-order chi connectivity index (χ0) is 26.7. The van der Waals surface area contributed by atoms with Crippen molar-refractivity contribution in [2.24, 2.45) is 0 Å². The van der Waals surface area contributed by atoms with Crippen LogP contribution in [0.4, 0.5) is 10.5 Å². The molecule has 1 aromatic heterocycles. The lowest BCUT2D eigenvalue weighted by Crippen LogP contribution is -2.58. The number of esters is 1. The molecule has 1 aliphatic heterocycles. The number of anilines is 1. The van der Waals surface area contributed by atoms with Gasteiger partial charge < -0.3 is 14.4 Å². The number of methoxy groups -OCH3 is 1. The predicted molar refractivity (Wildman–Crippen MR) is 136 cm³/mol. The zero-order valence-electron chi connectivity index (χ0n) is 21.0. The highest BCUT2D eigenvalue weighted by atomic mass is 35.5. The van der Waals surface area contributed by atoms with E-state index in [4.69, 9.17) is 21.1 Å². The van der Waals surface area contributed by atoms with E-state index >= 15 is 0 Å². The number of piperazine rings is 1.